The first-order valence-electron chi connectivity index (χ1n) is 10.3. The number of pyridine rings is 2. The second-order valence-corrected chi connectivity index (χ2v) is 8.26. The topological polar surface area (TPSA) is 78.9 Å². The number of fused-ring (bicyclic) bond motifs is 5. The molecule has 0 saturated carbocycles. The van der Waals surface area contributed by atoms with Crippen molar-refractivity contribution in [3.05, 3.63) is 52.9 Å². The normalized spacial score (nSPS) is 15.4. The molecule has 0 bridgehead atoms. The zero-order valence-corrected chi connectivity index (χ0v) is 18.7. The maximum Gasteiger partial charge on any atom is 0.263 e. The Balaban J connectivity index is 0.00000112. The molecule has 1 aliphatic rings. The molecule has 4 aromatic rings. The van der Waals surface area contributed by atoms with Crippen LogP contribution in [0.1, 0.15) is 36.1 Å². The largest absolute Gasteiger partial charge is 0.381 e. The molecule has 1 amide bonds. The van der Waals surface area contributed by atoms with Crippen LogP contribution in [0.25, 0.3) is 21.0 Å². The van der Waals surface area contributed by atoms with Crippen LogP contribution in [0.4, 0.5) is 21.6 Å². The lowest BCUT2D eigenvalue weighted by atomic mass is 10.1. The summed E-state index contributed by atoms with van der Waals surface area (Å²) >= 11 is 1.48. The average Bonchev–Trinajstić information content (AvgIpc) is 3.05. The quantitative estimate of drug-likeness (QED) is 0.356. The number of hydrogen-bond acceptors (Lipinski definition) is 6. The van der Waals surface area contributed by atoms with Gasteiger partial charge in [0.2, 0.25) is 5.95 Å². The molecule has 0 spiro atoms. The van der Waals surface area contributed by atoms with Crippen LogP contribution in [0.15, 0.2) is 36.4 Å². The monoisotopic (exact) mass is 437 g/mol. The summed E-state index contributed by atoms with van der Waals surface area (Å²) in [5.74, 6) is 0.0326. The fourth-order valence-corrected chi connectivity index (χ4v) is 4.74. The number of amides is 1. The van der Waals surface area contributed by atoms with E-state index in [1.807, 2.05) is 45.0 Å². The molecule has 0 aliphatic carbocycles. The Morgan fingerprint density at radius 2 is 1.97 bits per heavy atom. The molecule has 5 rings (SSSR count). The van der Waals surface area contributed by atoms with Gasteiger partial charge in [0.15, 0.2) is 0 Å². The van der Waals surface area contributed by atoms with Gasteiger partial charge >= 0.3 is 0 Å². The number of hydrogen-bond donors (Lipinski definition) is 3. The number of nitrogens with zero attached hydrogens (tertiary/aromatic N) is 2. The summed E-state index contributed by atoms with van der Waals surface area (Å²) in [6.45, 7) is 8.39. The van der Waals surface area contributed by atoms with E-state index < -0.39 is 5.95 Å². The SMILES string of the molecule is CC.Cc1cc(Nc2ccc3c(ccc4sc5c(c43)NC[C@@H](C)NC5=O)n2)cc(F)n1. The van der Waals surface area contributed by atoms with Crippen molar-refractivity contribution in [2.24, 2.45) is 0 Å². The van der Waals surface area contributed by atoms with Crippen LogP contribution < -0.4 is 16.0 Å². The third kappa shape index (κ3) is 4.03. The molecule has 6 nitrogen and oxygen atoms in total. The molecule has 8 heteroatoms. The second kappa shape index (κ2) is 8.47. The maximum absolute atomic E-state index is 13.6. The van der Waals surface area contributed by atoms with Crippen molar-refractivity contribution in [3.8, 4) is 0 Å². The van der Waals surface area contributed by atoms with E-state index in [9.17, 15) is 9.18 Å². The highest BCUT2D eigenvalue weighted by atomic mass is 32.1. The predicted octanol–water partition coefficient (Wildman–Crippen LogP) is 5.61. The molecular weight excluding hydrogens is 413 g/mol. The van der Waals surface area contributed by atoms with Gasteiger partial charge in [0.25, 0.3) is 5.91 Å². The first-order valence-corrected chi connectivity index (χ1v) is 11.1. The number of thiophene rings is 1. The average molecular weight is 438 g/mol. The molecule has 3 N–H and O–H groups in total. The van der Waals surface area contributed by atoms with Crippen LogP contribution in [0.5, 0.6) is 0 Å². The van der Waals surface area contributed by atoms with Gasteiger partial charge in [-0.2, -0.15) is 4.39 Å². The minimum atomic E-state index is -0.533. The zero-order chi connectivity index (χ0) is 22.1. The number of carbonyl (C=O) groups is 1. The number of aryl methyl sites for hydroxylation is 1. The lowest BCUT2D eigenvalue weighted by molar-refractivity contribution is 0.0949. The summed E-state index contributed by atoms with van der Waals surface area (Å²) in [7, 11) is 0. The number of anilines is 3. The van der Waals surface area contributed by atoms with Gasteiger partial charge in [-0.3, -0.25) is 4.79 Å². The lowest BCUT2D eigenvalue weighted by Gasteiger charge is -2.11. The van der Waals surface area contributed by atoms with E-state index >= 15 is 0 Å². The molecule has 1 atom stereocenters. The third-order valence-electron chi connectivity index (χ3n) is 4.89. The molecule has 1 aliphatic heterocycles. The van der Waals surface area contributed by atoms with Crippen LogP contribution >= 0.6 is 11.3 Å². The summed E-state index contributed by atoms with van der Waals surface area (Å²) in [5, 5.41) is 11.5. The van der Waals surface area contributed by atoms with Crippen molar-refractivity contribution in [2.75, 3.05) is 17.2 Å². The van der Waals surface area contributed by atoms with Gasteiger partial charge in [0, 0.05) is 45.5 Å². The fraction of sp³-hybridized carbons (Fsp3) is 0.261. The molecule has 31 heavy (non-hydrogen) atoms. The van der Waals surface area contributed by atoms with Gasteiger partial charge in [-0.25, -0.2) is 9.97 Å². The lowest BCUT2D eigenvalue weighted by Crippen LogP contribution is -2.34. The van der Waals surface area contributed by atoms with Crippen molar-refractivity contribution < 1.29 is 9.18 Å². The highest BCUT2D eigenvalue weighted by molar-refractivity contribution is 7.21. The molecule has 0 saturated heterocycles. The first-order chi connectivity index (χ1) is 15.0. The van der Waals surface area contributed by atoms with E-state index in [-0.39, 0.29) is 11.9 Å². The zero-order valence-electron chi connectivity index (χ0n) is 17.8. The van der Waals surface area contributed by atoms with Gasteiger partial charge in [0.1, 0.15) is 10.7 Å². The molecule has 0 fully saturated rings. The standard InChI is InChI=1S/C21H18FN5OS.C2H6/c1-10-7-12(8-16(22)24-10)26-17-6-3-13-14(27-17)4-5-15-18(13)19-20(29-15)21(28)25-11(2)9-23-19;1-2/h3-8,11,23H,9H2,1-2H3,(H,25,28)(H,24,26,27);1-2H3/t11-;/m1./s1. The number of halogens is 1. The second-order valence-electron chi connectivity index (χ2n) is 7.21. The summed E-state index contributed by atoms with van der Waals surface area (Å²) in [6.07, 6.45) is 0. The van der Waals surface area contributed by atoms with Crippen molar-refractivity contribution in [1.82, 2.24) is 15.3 Å². The molecule has 0 radical (unpaired) electrons. The van der Waals surface area contributed by atoms with Gasteiger partial charge in [-0.05, 0) is 44.2 Å². The van der Waals surface area contributed by atoms with E-state index in [0.29, 0.717) is 28.6 Å². The maximum atomic E-state index is 13.6. The van der Waals surface area contributed by atoms with Crippen LogP contribution in [0, 0.1) is 12.9 Å². The van der Waals surface area contributed by atoms with Gasteiger partial charge < -0.3 is 16.0 Å². The molecule has 0 unspecified atom stereocenters. The van der Waals surface area contributed by atoms with E-state index in [1.165, 1.54) is 17.4 Å². The Morgan fingerprint density at radius 1 is 1.16 bits per heavy atom. The highest BCUT2D eigenvalue weighted by Gasteiger charge is 2.24. The van der Waals surface area contributed by atoms with Crippen LogP contribution in [0.2, 0.25) is 0 Å². The Bertz CT molecular complexity index is 1270. The van der Waals surface area contributed by atoms with Crippen molar-refractivity contribution in [2.45, 2.75) is 33.7 Å². The van der Waals surface area contributed by atoms with Gasteiger partial charge in [0.05, 0.1) is 11.2 Å². The molecule has 1 aromatic carbocycles. The van der Waals surface area contributed by atoms with Crippen molar-refractivity contribution in [3.63, 3.8) is 0 Å². The molecule has 160 valence electrons. The Labute approximate surface area is 183 Å². The minimum absolute atomic E-state index is 0.0480. The Morgan fingerprint density at radius 3 is 2.74 bits per heavy atom. The van der Waals surface area contributed by atoms with E-state index in [0.717, 1.165) is 26.7 Å². The molecule has 3 aromatic heterocycles. The fourth-order valence-electron chi connectivity index (χ4n) is 3.64. The van der Waals surface area contributed by atoms with E-state index in [2.05, 4.69) is 25.9 Å². The van der Waals surface area contributed by atoms with Crippen LogP contribution in [0.3, 0.4) is 0 Å². The highest BCUT2D eigenvalue weighted by Crippen LogP contribution is 2.41. The Hall–Kier alpha value is -3.26. The molecular formula is C23H24FN5OS. The smallest absolute Gasteiger partial charge is 0.263 e. The number of rotatable bonds is 2. The number of nitrogens with one attached hydrogen (secondary N) is 3. The summed E-state index contributed by atoms with van der Waals surface area (Å²) in [6, 6.07) is 10.9. The Kier molecular flexibility index (Phi) is 5.73. The van der Waals surface area contributed by atoms with Gasteiger partial charge in [-0.15, -0.1) is 11.3 Å². The predicted molar refractivity (Wildman–Crippen MR) is 126 cm³/mol. The van der Waals surface area contributed by atoms with Crippen LogP contribution in [-0.2, 0) is 0 Å². The van der Waals surface area contributed by atoms with E-state index in [1.54, 1.807) is 13.0 Å². The van der Waals surface area contributed by atoms with Crippen molar-refractivity contribution >= 4 is 55.4 Å². The first kappa shape index (κ1) is 21.0. The number of aromatic nitrogens is 2. The van der Waals surface area contributed by atoms with Crippen molar-refractivity contribution in [1.29, 1.82) is 0 Å². The summed E-state index contributed by atoms with van der Waals surface area (Å²) in [4.78, 5) is 21.7. The molecule has 4 heterocycles. The summed E-state index contributed by atoms with van der Waals surface area (Å²) in [5.41, 5.74) is 2.86. The third-order valence-corrected chi connectivity index (χ3v) is 6.04. The van der Waals surface area contributed by atoms with Crippen LogP contribution in [-0.4, -0.2) is 28.5 Å². The minimum Gasteiger partial charge on any atom is -0.381 e. The number of carbonyl (C=O) groups excluding carboxylic acids is 1. The summed E-state index contributed by atoms with van der Waals surface area (Å²) < 4.78 is 14.6. The van der Waals surface area contributed by atoms with E-state index in [4.69, 9.17) is 0 Å². The van der Waals surface area contributed by atoms with Gasteiger partial charge in [-0.1, -0.05) is 13.8 Å². The number of benzene rings is 1.